The second kappa shape index (κ2) is 12.9. The van der Waals surface area contributed by atoms with Crippen LogP contribution in [0.15, 0.2) is 54.6 Å². The van der Waals surface area contributed by atoms with Gasteiger partial charge in [0.05, 0.1) is 6.61 Å². The van der Waals surface area contributed by atoms with E-state index in [2.05, 4.69) is 25.6 Å². The van der Waals surface area contributed by atoms with Crippen molar-refractivity contribution >= 4 is 29.9 Å². The Bertz CT molecular complexity index is 1250. The van der Waals surface area contributed by atoms with Crippen molar-refractivity contribution < 1.29 is 34.1 Å². The molecule has 0 aliphatic carbocycles. The summed E-state index contributed by atoms with van der Waals surface area (Å²) in [6.07, 6.45) is -0.526. The van der Waals surface area contributed by atoms with Gasteiger partial charge in [-0.3, -0.25) is 0 Å². The summed E-state index contributed by atoms with van der Waals surface area (Å²) in [4.78, 5) is 49.2. The van der Waals surface area contributed by atoms with E-state index in [4.69, 9.17) is 9.47 Å². The first-order valence-corrected chi connectivity index (χ1v) is 11.6. The topological polar surface area (TPSA) is 176 Å². The summed E-state index contributed by atoms with van der Waals surface area (Å²) >= 11 is 0. The molecule has 0 bridgehead atoms. The molecule has 0 aliphatic heterocycles. The van der Waals surface area contributed by atoms with Gasteiger partial charge in [0, 0.05) is 20.5 Å². The average molecular weight is 525 g/mol. The number of amides is 1. The first-order chi connectivity index (χ1) is 18.2. The van der Waals surface area contributed by atoms with Crippen molar-refractivity contribution in [2.75, 3.05) is 31.3 Å². The largest absolute Gasteiger partial charge is 0.480 e. The van der Waals surface area contributed by atoms with E-state index in [9.17, 15) is 24.6 Å². The number of nitrogens with zero attached hydrogens (tertiary/aromatic N) is 4. The van der Waals surface area contributed by atoms with Gasteiger partial charge in [0.25, 0.3) is 0 Å². The van der Waals surface area contributed by atoms with Crippen molar-refractivity contribution in [3.8, 4) is 11.8 Å². The van der Waals surface area contributed by atoms with E-state index in [-0.39, 0.29) is 24.9 Å². The first-order valence-electron chi connectivity index (χ1n) is 11.6. The summed E-state index contributed by atoms with van der Waals surface area (Å²) in [6.45, 7) is 1.82. The SMILES string of the molecule is CCOC(=O)C(Nc1nc(O)nc(N[C@@H](Cc2ccc(OC(=O)N(C)C)cc2)C(=O)O)n1)c1ccccc1. The summed E-state index contributed by atoms with van der Waals surface area (Å²) in [5.74, 6) is -1.87. The van der Waals surface area contributed by atoms with Gasteiger partial charge >= 0.3 is 24.0 Å². The summed E-state index contributed by atoms with van der Waals surface area (Å²) in [7, 11) is 3.11. The van der Waals surface area contributed by atoms with Crippen molar-refractivity contribution in [3.05, 3.63) is 65.7 Å². The van der Waals surface area contributed by atoms with E-state index in [1.165, 1.54) is 4.90 Å². The fourth-order valence-corrected chi connectivity index (χ4v) is 3.25. The molecule has 2 aromatic carbocycles. The van der Waals surface area contributed by atoms with Crippen LogP contribution in [-0.4, -0.2) is 74.8 Å². The van der Waals surface area contributed by atoms with Crippen molar-refractivity contribution in [2.45, 2.75) is 25.4 Å². The van der Waals surface area contributed by atoms with E-state index in [1.807, 2.05) is 0 Å². The molecule has 0 radical (unpaired) electrons. The average Bonchev–Trinajstić information content (AvgIpc) is 2.88. The van der Waals surface area contributed by atoms with Crippen LogP contribution in [0.4, 0.5) is 16.7 Å². The first kappa shape index (κ1) is 27.6. The van der Waals surface area contributed by atoms with E-state index >= 15 is 0 Å². The van der Waals surface area contributed by atoms with Gasteiger partial charge in [-0.25, -0.2) is 14.4 Å². The number of hydrogen-bond donors (Lipinski definition) is 4. The number of carboxylic acids is 1. The molecule has 1 amide bonds. The molecule has 2 atom stereocenters. The summed E-state index contributed by atoms with van der Waals surface area (Å²) in [6, 6.07) is 12.2. The van der Waals surface area contributed by atoms with Crippen LogP contribution in [0.3, 0.4) is 0 Å². The highest BCUT2D eigenvalue weighted by molar-refractivity contribution is 5.80. The van der Waals surface area contributed by atoms with Gasteiger partial charge in [-0.2, -0.15) is 15.0 Å². The van der Waals surface area contributed by atoms with Gasteiger partial charge in [-0.05, 0) is 30.2 Å². The molecule has 3 aromatic rings. The van der Waals surface area contributed by atoms with E-state index in [0.717, 1.165) is 0 Å². The maximum Gasteiger partial charge on any atom is 0.414 e. The molecule has 0 saturated heterocycles. The van der Waals surface area contributed by atoms with Gasteiger partial charge in [0.2, 0.25) is 11.9 Å². The number of hydrogen-bond acceptors (Lipinski definition) is 11. The number of aliphatic carboxylic acids is 1. The smallest absolute Gasteiger partial charge is 0.414 e. The van der Waals surface area contributed by atoms with Gasteiger partial charge in [-0.1, -0.05) is 42.5 Å². The highest BCUT2D eigenvalue weighted by Gasteiger charge is 2.25. The molecule has 13 nitrogen and oxygen atoms in total. The van der Waals surface area contributed by atoms with Gasteiger partial charge in [0.15, 0.2) is 6.04 Å². The molecule has 0 spiro atoms. The Hall–Kier alpha value is -4.94. The molecule has 13 heteroatoms. The maximum atomic E-state index is 12.6. The second-order valence-electron chi connectivity index (χ2n) is 8.17. The van der Waals surface area contributed by atoms with Crippen molar-refractivity contribution in [1.82, 2.24) is 19.9 Å². The van der Waals surface area contributed by atoms with Crippen LogP contribution in [0.1, 0.15) is 24.1 Å². The number of aromatic hydroxyl groups is 1. The van der Waals surface area contributed by atoms with Crippen molar-refractivity contribution in [2.24, 2.45) is 0 Å². The van der Waals surface area contributed by atoms with Gasteiger partial charge in [0.1, 0.15) is 11.8 Å². The van der Waals surface area contributed by atoms with Crippen LogP contribution in [0.5, 0.6) is 11.8 Å². The number of benzene rings is 2. The van der Waals surface area contributed by atoms with Crippen LogP contribution in [-0.2, 0) is 20.7 Å². The van der Waals surface area contributed by atoms with Crippen LogP contribution >= 0.6 is 0 Å². The van der Waals surface area contributed by atoms with E-state index in [1.54, 1.807) is 75.6 Å². The lowest BCUT2D eigenvalue weighted by Gasteiger charge is -2.19. The highest BCUT2D eigenvalue weighted by Crippen LogP contribution is 2.21. The molecule has 0 aliphatic rings. The lowest BCUT2D eigenvalue weighted by Crippen LogP contribution is -2.32. The molecule has 1 heterocycles. The van der Waals surface area contributed by atoms with Crippen LogP contribution in [0, 0.1) is 0 Å². The van der Waals surface area contributed by atoms with Crippen LogP contribution in [0.25, 0.3) is 0 Å². The Balaban J connectivity index is 1.76. The molecule has 0 saturated carbocycles. The normalized spacial score (nSPS) is 12.1. The zero-order valence-corrected chi connectivity index (χ0v) is 21.0. The number of rotatable bonds is 11. The predicted octanol–water partition coefficient (Wildman–Crippen LogP) is 2.46. The highest BCUT2D eigenvalue weighted by atomic mass is 16.6. The third-order valence-electron chi connectivity index (χ3n) is 5.09. The number of ether oxygens (including phenoxy) is 2. The van der Waals surface area contributed by atoms with Crippen LogP contribution < -0.4 is 15.4 Å². The number of aromatic nitrogens is 3. The lowest BCUT2D eigenvalue weighted by atomic mass is 10.1. The standard InChI is InChI=1S/C25H28N6O7/c1-4-37-21(34)19(16-8-6-5-7-9-16)27-23-28-22(29-24(35)30-23)26-18(20(32)33)14-15-10-12-17(13-11-15)38-25(36)31(2)3/h5-13,18-19H,4,14H2,1-3H3,(H,32,33)(H3,26,27,28,29,30,35)/t18-,19?/m0/s1. The van der Waals surface area contributed by atoms with E-state index < -0.39 is 36.1 Å². The Labute approximate surface area is 218 Å². The molecule has 200 valence electrons. The Morgan fingerprint density at radius 1 is 0.947 bits per heavy atom. The van der Waals surface area contributed by atoms with Crippen LogP contribution in [0.2, 0.25) is 0 Å². The number of nitrogens with one attached hydrogen (secondary N) is 2. The summed E-state index contributed by atoms with van der Waals surface area (Å²) in [5.41, 5.74) is 1.20. The molecular formula is C25H28N6O7. The summed E-state index contributed by atoms with van der Waals surface area (Å²) in [5, 5.41) is 25.3. The number of carbonyl (C=O) groups is 3. The molecule has 1 unspecified atom stereocenters. The number of carbonyl (C=O) groups excluding carboxylic acids is 2. The molecule has 38 heavy (non-hydrogen) atoms. The van der Waals surface area contributed by atoms with E-state index in [0.29, 0.717) is 16.9 Å². The second-order valence-corrected chi connectivity index (χ2v) is 8.17. The third kappa shape index (κ3) is 7.78. The molecule has 0 fully saturated rings. The number of anilines is 2. The fourth-order valence-electron chi connectivity index (χ4n) is 3.25. The summed E-state index contributed by atoms with van der Waals surface area (Å²) < 4.78 is 10.3. The Morgan fingerprint density at radius 2 is 1.58 bits per heavy atom. The Morgan fingerprint density at radius 3 is 2.16 bits per heavy atom. The molecule has 1 aromatic heterocycles. The fraction of sp³-hybridized carbons (Fsp3) is 0.280. The predicted molar refractivity (Wildman–Crippen MR) is 136 cm³/mol. The van der Waals surface area contributed by atoms with Crippen molar-refractivity contribution in [1.29, 1.82) is 0 Å². The van der Waals surface area contributed by atoms with Gasteiger partial charge < -0.3 is 35.2 Å². The lowest BCUT2D eigenvalue weighted by molar-refractivity contribution is -0.144. The monoisotopic (exact) mass is 524 g/mol. The minimum atomic E-state index is -1.20. The maximum absolute atomic E-state index is 12.6. The zero-order valence-electron chi connectivity index (χ0n) is 21.0. The molecular weight excluding hydrogens is 496 g/mol. The van der Waals surface area contributed by atoms with Crippen molar-refractivity contribution in [3.63, 3.8) is 0 Å². The van der Waals surface area contributed by atoms with Gasteiger partial charge in [-0.15, -0.1) is 0 Å². The number of carboxylic acid groups (broad SMARTS) is 1. The minimum absolute atomic E-state index is 0.0158. The Kier molecular flexibility index (Phi) is 9.35. The molecule has 3 rings (SSSR count). The minimum Gasteiger partial charge on any atom is -0.480 e. The third-order valence-corrected chi connectivity index (χ3v) is 5.09. The molecule has 4 N–H and O–H groups in total. The quantitative estimate of drug-likeness (QED) is 0.270. The zero-order chi connectivity index (χ0) is 27.7. The number of esters is 1.